The Hall–Kier alpha value is -4.68. The van der Waals surface area contributed by atoms with Crippen LogP contribution >= 0.6 is 0 Å². The summed E-state index contributed by atoms with van der Waals surface area (Å²) in [7, 11) is 3.09. The van der Waals surface area contributed by atoms with Crippen molar-refractivity contribution in [3.63, 3.8) is 0 Å². The fraction of sp³-hybridized carbons (Fsp3) is 0.174. The normalized spacial score (nSPS) is 10.9. The van der Waals surface area contributed by atoms with Crippen molar-refractivity contribution < 1.29 is 22.7 Å². The zero-order chi connectivity index (χ0) is 25.8. The smallest absolute Gasteiger partial charge is 0.387 e. The van der Waals surface area contributed by atoms with Crippen LogP contribution in [0.25, 0.3) is 11.4 Å². The van der Waals surface area contributed by atoms with Crippen LogP contribution in [0.15, 0.2) is 49.1 Å². The summed E-state index contributed by atoms with van der Waals surface area (Å²) in [6.07, 6.45) is 3.80. The summed E-state index contributed by atoms with van der Waals surface area (Å²) in [5, 5.41) is 12.6. The van der Waals surface area contributed by atoms with E-state index in [0.29, 0.717) is 11.4 Å². The molecule has 0 radical (unpaired) electrons. The standard InChI is InChI=1S/C23H21F3N8O2/c1-12-7-18(29-10-15(12)24)32-19-8-17(14(9-28-19)22(35)27-2)31-16-6-4-5-13(20(16)36-23(25)26)21-30-11-34(3)33-21/h4-11,23H,1-3H3,(H,27,35)(H2,28,29,31,32). The molecule has 3 N–H and O–H groups in total. The van der Waals surface area contributed by atoms with Crippen molar-refractivity contribution in [1.82, 2.24) is 30.0 Å². The molecule has 0 aliphatic rings. The van der Waals surface area contributed by atoms with Crippen LogP contribution in [0.4, 0.5) is 36.2 Å². The van der Waals surface area contributed by atoms with Crippen molar-refractivity contribution in [2.75, 3.05) is 17.7 Å². The number of amides is 1. The van der Waals surface area contributed by atoms with Crippen LogP contribution in [0, 0.1) is 12.7 Å². The number of benzene rings is 1. The number of nitrogens with one attached hydrogen (secondary N) is 3. The number of alkyl halides is 2. The van der Waals surface area contributed by atoms with Gasteiger partial charge in [0.25, 0.3) is 5.91 Å². The Kier molecular flexibility index (Phi) is 6.99. The maximum atomic E-state index is 13.6. The lowest BCUT2D eigenvalue weighted by Crippen LogP contribution is -2.20. The zero-order valence-electron chi connectivity index (χ0n) is 19.4. The van der Waals surface area contributed by atoms with E-state index in [0.717, 1.165) is 6.20 Å². The number of aryl methyl sites for hydroxylation is 2. The maximum absolute atomic E-state index is 13.6. The number of nitrogens with zero attached hydrogens (tertiary/aromatic N) is 5. The molecule has 0 aliphatic carbocycles. The highest BCUT2D eigenvalue weighted by atomic mass is 19.3. The van der Waals surface area contributed by atoms with Gasteiger partial charge in [-0.1, -0.05) is 6.07 Å². The first-order valence-electron chi connectivity index (χ1n) is 10.6. The first-order valence-corrected chi connectivity index (χ1v) is 10.6. The van der Waals surface area contributed by atoms with Gasteiger partial charge in [-0.3, -0.25) is 9.48 Å². The molecule has 0 unspecified atom stereocenters. The van der Waals surface area contributed by atoms with Crippen molar-refractivity contribution in [1.29, 1.82) is 0 Å². The van der Waals surface area contributed by atoms with Crippen molar-refractivity contribution >= 4 is 28.9 Å². The van der Waals surface area contributed by atoms with E-state index in [-0.39, 0.29) is 39.9 Å². The molecule has 1 amide bonds. The second-order valence-corrected chi connectivity index (χ2v) is 7.57. The van der Waals surface area contributed by atoms with Crippen LogP contribution in [-0.4, -0.2) is 44.3 Å². The Morgan fingerprint density at radius 2 is 1.81 bits per heavy atom. The SMILES string of the molecule is CNC(=O)c1cnc(Nc2cc(C)c(F)cn2)cc1Nc1cccc(-c2ncn(C)n2)c1OC(F)F. The number of pyridine rings is 2. The molecule has 13 heteroatoms. The largest absolute Gasteiger partial charge is 0.432 e. The molecule has 3 heterocycles. The Morgan fingerprint density at radius 3 is 2.47 bits per heavy atom. The van der Waals surface area contributed by atoms with E-state index < -0.39 is 18.3 Å². The highest BCUT2D eigenvalue weighted by molar-refractivity contribution is 6.00. The van der Waals surface area contributed by atoms with Crippen molar-refractivity contribution in [2.45, 2.75) is 13.5 Å². The number of anilines is 4. The minimum absolute atomic E-state index is 0.135. The van der Waals surface area contributed by atoms with Crippen LogP contribution in [0.3, 0.4) is 0 Å². The first-order chi connectivity index (χ1) is 17.2. The molecule has 0 fully saturated rings. The van der Waals surface area contributed by atoms with E-state index in [2.05, 4.69) is 36.0 Å². The van der Waals surface area contributed by atoms with Gasteiger partial charge in [0.1, 0.15) is 23.8 Å². The number of aromatic nitrogens is 5. The minimum Gasteiger partial charge on any atom is -0.432 e. The Labute approximate surface area is 203 Å². The van der Waals surface area contributed by atoms with Crippen molar-refractivity contribution in [3.8, 4) is 17.1 Å². The van der Waals surface area contributed by atoms with Gasteiger partial charge in [0.15, 0.2) is 11.6 Å². The van der Waals surface area contributed by atoms with E-state index in [4.69, 9.17) is 4.74 Å². The second-order valence-electron chi connectivity index (χ2n) is 7.57. The average molecular weight is 498 g/mol. The number of hydrogen-bond donors (Lipinski definition) is 3. The van der Waals surface area contributed by atoms with Gasteiger partial charge < -0.3 is 20.7 Å². The van der Waals surface area contributed by atoms with Gasteiger partial charge in [0, 0.05) is 26.4 Å². The lowest BCUT2D eigenvalue weighted by molar-refractivity contribution is -0.0489. The summed E-state index contributed by atoms with van der Waals surface area (Å²) in [5.41, 5.74) is 1.10. The van der Waals surface area contributed by atoms with E-state index in [1.807, 2.05) is 0 Å². The number of hydrogen-bond acceptors (Lipinski definition) is 8. The summed E-state index contributed by atoms with van der Waals surface area (Å²) in [5.74, 6) is -0.361. The first kappa shape index (κ1) is 24.4. The van der Waals surface area contributed by atoms with Crippen LogP contribution in [0.5, 0.6) is 5.75 Å². The molecule has 0 saturated carbocycles. The number of carbonyl (C=O) groups is 1. The molecule has 4 aromatic rings. The molecule has 0 atom stereocenters. The molecule has 0 saturated heterocycles. The van der Waals surface area contributed by atoms with Crippen molar-refractivity contribution in [2.24, 2.45) is 7.05 Å². The quantitative estimate of drug-likeness (QED) is 0.331. The van der Waals surface area contributed by atoms with Crippen molar-refractivity contribution in [3.05, 3.63) is 66.0 Å². The highest BCUT2D eigenvalue weighted by Gasteiger charge is 2.21. The summed E-state index contributed by atoms with van der Waals surface area (Å²) < 4.78 is 46.5. The number of rotatable bonds is 8. The molecule has 0 aliphatic heterocycles. The Morgan fingerprint density at radius 1 is 1.06 bits per heavy atom. The lowest BCUT2D eigenvalue weighted by Gasteiger charge is -2.18. The van der Waals surface area contributed by atoms with Gasteiger partial charge in [-0.25, -0.2) is 19.3 Å². The minimum atomic E-state index is -3.13. The van der Waals surface area contributed by atoms with E-state index in [9.17, 15) is 18.0 Å². The highest BCUT2D eigenvalue weighted by Crippen LogP contribution is 2.38. The average Bonchev–Trinajstić information content (AvgIpc) is 3.28. The maximum Gasteiger partial charge on any atom is 0.387 e. The van der Waals surface area contributed by atoms with Gasteiger partial charge in [-0.05, 0) is 30.7 Å². The predicted octanol–water partition coefficient (Wildman–Crippen LogP) is 4.17. The Bertz CT molecular complexity index is 1410. The third-order valence-corrected chi connectivity index (χ3v) is 5.01. The van der Waals surface area contributed by atoms with E-state index in [1.165, 1.54) is 42.5 Å². The van der Waals surface area contributed by atoms with E-state index >= 15 is 0 Å². The molecule has 4 rings (SSSR count). The van der Waals surface area contributed by atoms with Crippen LogP contribution in [0.1, 0.15) is 15.9 Å². The third kappa shape index (κ3) is 5.35. The molecule has 186 valence electrons. The van der Waals surface area contributed by atoms with Crippen LogP contribution < -0.4 is 20.7 Å². The summed E-state index contributed by atoms with van der Waals surface area (Å²) >= 11 is 0. The number of para-hydroxylation sites is 1. The molecule has 1 aromatic carbocycles. The lowest BCUT2D eigenvalue weighted by atomic mass is 10.1. The summed E-state index contributed by atoms with van der Waals surface area (Å²) in [6.45, 7) is -1.54. The second kappa shape index (κ2) is 10.3. The molecule has 3 aromatic heterocycles. The molecule has 0 spiro atoms. The van der Waals surface area contributed by atoms with Gasteiger partial charge in [0.2, 0.25) is 0 Å². The topological polar surface area (TPSA) is 119 Å². The monoisotopic (exact) mass is 498 g/mol. The molecular weight excluding hydrogens is 477 g/mol. The van der Waals surface area contributed by atoms with E-state index in [1.54, 1.807) is 26.1 Å². The van der Waals surface area contributed by atoms with Crippen LogP contribution in [0.2, 0.25) is 0 Å². The van der Waals surface area contributed by atoms with Crippen LogP contribution in [-0.2, 0) is 7.05 Å². The molecular formula is C23H21F3N8O2. The molecule has 10 nitrogen and oxygen atoms in total. The zero-order valence-corrected chi connectivity index (χ0v) is 19.4. The third-order valence-electron chi connectivity index (χ3n) is 5.01. The van der Waals surface area contributed by atoms with Gasteiger partial charge in [0.05, 0.1) is 28.7 Å². The fourth-order valence-corrected chi connectivity index (χ4v) is 3.32. The van der Waals surface area contributed by atoms with Gasteiger partial charge in [-0.2, -0.15) is 13.9 Å². The summed E-state index contributed by atoms with van der Waals surface area (Å²) in [6, 6.07) is 7.64. The Balaban J connectivity index is 1.76. The van der Waals surface area contributed by atoms with Gasteiger partial charge >= 0.3 is 6.61 Å². The van der Waals surface area contributed by atoms with Gasteiger partial charge in [-0.15, -0.1) is 0 Å². The fourth-order valence-electron chi connectivity index (χ4n) is 3.32. The number of carbonyl (C=O) groups excluding carboxylic acids is 1. The number of ether oxygens (including phenoxy) is 1. The molecule has 36 heavy (non-hydrogen) atoms. The predicted molar refractivity (Wildman–Crippen MR) is 126 cm³/mol. The molecule has 0 bridgehead atoms. The summed E-state index contributed by atoms with van der Waals surface area (Å²) in [4.78, 5) is 24.8. The number of halogens is 3.